The summed E-state index contributed by atoms with van der Waals surface area (Å²) in [5, 5.41) is 1.13. The van der Waals surface area contributed by atoms with Crippen molar-refractivity contribution in [1.82, 2.24) is 4.90 Å². The highest BCUT2D eigenvalue weighted by molar-refractivity contribution is 9.09. The van der Waals surface area contributed by atoms with Crippen molar-refractivity contribution in [3.63, 3.8) is 0 Å². The van der Waals surface area contributed by atoms with E-state index in [0.717, 1.165) is 11.2 Å². The summed E-state index contributed by atoms with van der Waals surface area (Å²) in [6.45, 7) is 11.8. The fourth-order valence-corrected chi connectivity index (χ4v) is 2.32. The highest BCUT2D eigenvalue weighted by atomic mass is 79.9. The Labute approximate surface area is 111 Å². The molecule has 0 fully saturated rings. The lowest BCUT2D eigenvalue weighted by atomic mass is 9.98. The number of nitrogens with zero attached hydrogens (tertiary/aromatic N) is 1. The summed E-state index contributed by atoms with van der Waals surface area (Å²) in [5.41, 5.74) is 0. The molecule has 0 saturated carbocycles. The van der Waals surface area contributed by atoms with Crippen LogP contribution in [0.15, 0.2) is 0 Å². The lowest BCUT2D eigenvalue weighted by molar-refractivity contribution is 0.179. The monoisotopic (exact) mass is 291 g/mol. The molecule has 16 heavy (non-hydrogen) atoms. The van der Waals surface area contributed by atoms with Gasteiger partial charge < -0.3 is 4.90 Å². The third-order valence-electron chi connectivity index (χ3n) is 3.35. The molecule has 98 valence electrons. The molecule has 0 aromatic rings. The van der Waals surface area contributed by atoms with E-state index in [0.29, 0.717) is 6.04 Å². The van der Waals surface area contributed by atoms with Gasteiger partial charge in [-0.1, -0.05) is 49.0 Å². The Morgan fingerprint density at radius 1 is 1.12 bits per heavy atom. The molecule has 0 N–H and O–H groups in total. The summed E-state index contributed by atoms with van der Waals surface area (Å²) in [4.78, 5) is 2.64. The van der Waals surface area contributed by atoms with Gasteiger partial charge in [-0.05, 0) is 39.2 Å². The second kappa shape index (κ2) is 10.6. The van der Waals surface area contributed by atoms with Gasteiger partial charge >= 0.3 is 0 Å². The molecule has 0 radical (unpaired) electrons. The first-order valence-electron chi connectivity index (χ1n) is 6.95. The van der Waals surface area contributed by atoms with Crippen molar-refractivity contribution in [2.75, 3.05) is 18.4 Å². The molecule has 0 aromatic heterocycles. The third-order valence-corrected chi connectivity index (χ3v) is 3.91. The molecule has 2 heteroatoms. The van der Waals surface area contributed by atoms with Crippen LogP contribution in [0, 0.1) is 5.92 Å². The highest BCUT2D eigenvalue weighted by Gasteiger charge is 2.14. The molecule has 0 aliphatic carbocycles. The summed E-state index contributed by atoms with van der Waals surface area (Å²) in [6.07, 6.45) is 6.73. The van der Waals surface area contributed by atoms with Crippen molar-refractivity contribution < 1.29 is 0 Å². The maximum absolute atomic E-state index is 3.53. The Kier molecular flexibility index (Phi) is 10.9. The van der Waals surface area contributed by atoms with Gasteiger partial charge in [-0.25, -0.2) is 0 Å². The Hall–Kier alpha value is 0.440. The Morgan fingerprint density at radius 2 is 1.81 bits per heavy atom. The summed E-state index contributed by atoms with van der Waals surface area (Å²) < 4.78 is 0. The van der Waals surface area contributed by atoms with E-state index < -0.39 is 0 Å². The van der Waals surface area contributed by atoms with E-state index >= 15 is 0 Å². The molecule has 0 bridgehead atoms. The summed E-state index contributed by atoms with van der Waals surface area (Å²) >= 11 is 3.53. The molecule has 0 saturated heterocycles. The van der Waals surface area contributed by atoms with E-state index in [2.05, 4.69) is 48.5 Å². The molecule has 1 nitrogen and oxygen atoms in total. The van der Waals surface area contributed by atoms with Crippen molar-refractivity contribution in [1.29, 1.82) is 0 Å². The Balaban J connectivity index is 4.01. The average molecular weight is 292 g/mol. The van der Waals surface area contributed by atoms with Crippen LogP contribution in [-0.4, -0.2) is 29.4 Å². The van der Waals surface area contributed by atoms with Crippen LogP contribution in [0.3, 0.4) is 0 Å². The number of halogens is 1. The molecule has 1 atom stereocenters. The van der Waals surface area contributed by atoms with Crippen molar-refractivity contribution >= 4 is 15.9 Å². The summed E-state index contributed by atoms with van der Waals surface area (Å²) in [6, 6.07) is 0.690. The van der Waals surface area contributed by atoms with Gasteiger partial charge in [0.25, 0.3) is 0 Å². The van der Waals surface area contributed by atoms with E-state index in [1.807, 2.05) is 0 Å². The van der Waals surface area contributed by atoms with Crippen LogP contribution in [0.1, 0.15) is 59.8 Å². The van der Waals surface area contributed by atoms with Gasteiger partial charge in [-0.15, -0.1) is 0 Å². The molecular formula is C14H30BrN. The van der Waals surface area contributed by atoms with E-state index in [1.54, 1.807) is 0 Å². The third kappa shape index (κ3) is 7.67. The first-order valence-corrected chi connectivity index (χ1v) is 8.07. The molecule has 0 amide bonds. The number of unbranched alkanes of at least 4 members (excludes halogenated alkanes) is 1. The number of hydrogen-bond acceptors (Lipinski definition) is 1. The number of hydrogen-bond donors (Lipinski definition) is 0. The molecule has 0 aliphatic rings. The topological polar surface area (TPSA) is 3.24 Å². The predicted octanol–water partition coefficient (Wildman–Crippen LogP) is 4.70. The van der Waals surface area contributed by atoms with Crippen molar-refractivity contribution in [2.24, 2.45) is 5.92 Å². The SMILES string of the molecule is CCCCC(CC)CN(CCCBr)C(C)C. The second-order valence-electron chi connectivity index (χ2n) is 5.05. The van der Waals surface area contributed by atoms with Gasteiger partial charge in [0, 0.05) is 17.9 Å². The molecule has 0 aromatic carbocycles. The van der Waals surface area contributed by atoms with Crippen LogP contribution in [0.25, 0.3) is 0 Å². The zero-order valence-electron chi connectivity index (χ0n) is 11.6. The molecule has 0 spiro atoms. The van der Waals surface area contributed by atoms with Crippen LogP contribution in [0.5, 0.6) is 0 Å². The fourth-order valence-electron chi connectivity index (χ4n) is 2.07. The molecule has 1 unspecified atom stereocenters. The van der Waals surface area contributed by atoms with E-state index in [-0.39, 0.29) is 0 Å². The fraction of sp³-hybridized carbons (Fsp3) is 1.00. The van der Waals surface area contributed by atoms with Crippen molar-refractivity contribution in [3.8, 4) is 0 Å². The summed E-state index contributed by atoms with van der Waals surface area (Å²) in [7, 11) is 0. The molecular weight excluding hydrogens is 262 g/mol. The van der Waals surface area contributed by atoms with Gasteiger partial charge in [-0.2, -0.15) is 0 Å². The lowest BCUT2D eigenvalue weighted by Crippen LogP contribution is -2.36. The van der Waals surface area contributed by atoms with Crippen molar-refractivity contribution in [2.45, 2.75) is 65.8 Å². The maximum atomic E-state index is 3.53. The van der Waals surface area contributed by atoms with Crippen LogP contribution >= 0.6 is 15.9 Å². The van der Waals surface area contributed by atoms with Gasteiger partial charge in [0.05, 0.1) is 0 Å². The minimum Gasteiger partial charge on any atom is -0.301 e. The predicted molar refractivity (Wildman–Crippen MR) is 78.4 cm³/mol. The maximum Gasteiger partial charge on any atom is 0.00434 e. The number of alkyl halides is 1. The minimum atomic E-state index is 0.690. The van der Waals surface area contributed by atoms with E-state index in [1.165, 1.54) is 45.2 Å². The van der Waals surface area contributed by atoms with Crippen LogP contribution in [-0.2, 0) is 0 Å². The summed E-state index contributed by atoms with van der Waals surface area (Å²) in [5.74, 6) is 0.901. The van der Waals surface area contributed by atoms with E-state index in [9.17, 15) is 0 Å². The molecule has 0 rings (SSSR count). The first-order chi connectivity index (χ1) is 7.65. The van der Waals surface area contributed by atoms with Crippen molar-refractivity contribution in [3.05, 3.63) is 0 Å². The lowest BCUT2D eigenvalue weighted by Gasteiger charge is -2.30. The standard InChI is InChI=1S/C14H30BrN/c1-5-7-9-14(6-2)12-16(13(3)4)11-8-10-15/h13-14H,5-12H2,1-4H3. The van der Waals surface area contributed by atoms with Crippen LogP contribution in [0.2, 0.25) is 0 Å². The highest BCUT2D eigenvalue weighted by Crippen LogP contribution is 2.16. The zero-order valence-corrected chi connectivity index (χ0v) is 13.2. The Bertz CT molecular complexity index is 148. The quantitative estimate of drug-likeness (QED) is 0.528. The van der Waals surface area contributed by atoms with Crippen LogP contribution < -0.4 is 0 Å². The Morgan fingerprint density at radius 3 is 2.25 bits per heavy atom. The van der Waals surface area contributed by atoms with Gasteiger partial charge in [0.1, 0.15) is 0 Å². The van der Waals surface area contributed by atoms with Gasteiger partial charge in [0.2, 0.25) is 0 Å². The average Bonchev–Trinajstić information content (AvgIpc) is 2.28. The number of rotatable bonds is 10. The normalized spacial score (nSPS) is 13.7. The largest absolute Gasteiger partial charge is 0.301 e. The second-order valence-corrected chi connectivity index (χ2v) is 5.84. The van der Waals surface area contributed by atoms with Gasteiger partial charge in [-0.3, -0.25) is 0 Å². The zero-order chi connectivity index (χ0) is 12.4. The van der Waals surface area contributed by atoms with Crippen LogP contribution in [0.4, 0.5) is 0 Å². The van der Waals surface area contributed by atoms with Gasteiger partial charge in [0.15, 0.2) is 0 Å². The van der Waals surface area contributed by atoms with E-state index in [4.69, 9.17) is 0 Å². The minimum absolute atomic E-state index is 0.690. The molecule has 0 aliphatic heterocycles. The first kappa shape index (κ1) is 16.4. The smallest absolute Gasteiger partial charge is 0.00434 e. The molecule has 0 heterocycles.